The summed E-state index contributed by atoms with van der Waals surface area (Å²) in [5.74, 6) is 0.967. The Morgan fingerprint density at radius 1 is 1.23 bits per heavy atom. The number of nitrogens with two attached hydrogens (primary N) is 1. The van der Waals surface area contributed by atoms with Gasteiger partial charge in [0, 0.05) is 32.4 Å². The number of aryl methyl sites for hydroxylation is 1. The van der Waals surface area contributed by atoms with E-state index in [1.54, 1.807) is 13.1 Å². The Morgan fingerprint density at radius 3 is 2.50 bits per heavy atom. The fourth-order valence-electron chi connectivity index (χ4n) is 2.52. The lowest BCUT2D eigenvalue weighted by Crippen LogP contribution is -2.49. The molecule has 0 atom stereocenters. The van der Waals surface area contributed by atoms with Crippen LogP contribution in [0.3, 0.4) is 0 Å². The van der Waals surface area contributed by atoms with Gasteiger partial charge in [0.25, 0.3) is 0 Å². The van der Waals surface area contributed by atoms with Gasteiger partial charge in [-0.15, -0.1) is 0 Å². The molecule has 1 fully saturated rings. The fourth-order valence-corrected chi connectivity index (χ4v) is 4.13. The molecule has 0 aliphatic carbocycles. The van der Waals surface area contributed by atoms with Gasteiger partial charge in [-0.05, 0) is 19.1 Å². The predicted octanol–water partition coefficient (Wildman–Crippen LogP) is 0.471. The van der Waals surface area contributed by atoms with Gasteiger partial charge in [0.05, 0.1) is 0 Å². The maximum Gasteiger partial charge on any atom is 0.250 e. The molecule has 0 amide bonds. The smallest absolute Gasteiger partial charge is 0.250 e. The molecule has 0 radical (unpaired) electrons. The van der Waals surface area contributed by atoms with E-state index < -0.39 is 10.0 Å². The Bertz CT molecular complexity index is 732. The number of rotatable bonds is 3. The SMILES string of the molecule is Cc1onc(N)c1S(=O)(=O)N1CCN(c2ccccn2)CC1. The minimum atomic E-state index is -3.68. The van der Waals surface area contributed by atoms with Crippen molar-refractivity contribution < 1.29 is 12.9 Å². The summed E-state index contributed by atoms with van der Waals surface area (Å²) < 4.78 is 31.6. The molecule has 2 N–H and O–H groups in total. The maximum atomic E-state index is 12.6. The molecule has 1 aliphatic heterocycles. The lowest BCUT2D eigenvalue weighted by Gasteiger charge is -2.34. The molecule has 0 aromatic carbocycles. The first kappa shape index (κ1) is 14.8. The van der Waals surface area contributed by atoms with Gasteiger partial charge in [0.15, 0.2) is 16.5 Å². The fraction of sp³-hybridized carbons (Fsp3) is 0.385. The second-order valence-electron chi connectivity index (χ2n) is 5.03. The zero-order valence-electron chi connectivity index (χ0n) is 12.1. The lowest BCUT2D eigenvalue weighted by atomic mass is 10.3. The van der Waals surface area contributed by atoms with Crippen LogP contribution in [0.4, 0.5) is 11.6 Å². The largest absolute Gasteiger partial charge is 0.380 e. The highest BCUT2D eigenvalue weighted by Gasteiger charge is 2.33. The molecule has 1 saturated heterocycles. The van der Waals surface area contributed by atoms with Crippen LogP contribution in [0, 0.1) is 6.92 Å². The number of hydrogen-bond donors (Lipinski definition) is 1. The summed E-state index contributed by atoms with van der Waals surface area (Å²) in [6, 6.07) is 5.67. The minimum Gasteiger partial charge on any atom is -0.380 e. The van der Waals surface area contributed by atoms with Gasteiger partial charge in [-0.2, -0.15) is 4.31 Å². The Hall–Kier alpha value is -2.13. The summed E-state index contributed by atoms with van der Waals surface area (Å²) >= 11 is 0. The average Bonchev–Trinajstić information content (AvgIpc) is 2.88. The van der Waals surface area contributed by atoms with Crippen LogP contribution < -0.4 is 10.6 Å². The number of sulfonamides is 1. The molecule has 2 aromatic heterocycles. The van der Waals surface area contributed by atoms with E-state index in [1.165, 1.54) is 4.31 Å². The maximum absolute atomic E-state index is 12.6. The van der Waals surface area contributed by atoms with Crippen molar-refractivity contribution in [3.8, 4) is 0 Å². The second-order valence-corrected chi connectivity index (χ2v) is 6.91. The third-order valence-corrected chi connectivity index (χ3v) is 5.70. The second kappa shape index (κ2) is 5.58. The van der Waals surface area contributed by atoms with E-state index in [-0.39, 0.29) is 16.5 Å². The summed E-state index contributed by atoms with van der Waals surface area (Å²) in [6.07, 6.45) is 1.72. The van der Waals surface area contributed by atoms with Gasteiger partial charge in [0.2, 0.25) is 10.0 Å². The van der Waals surface area contributed by atoms with Crippen LogP contribution >= 0.6 is 0 Å². The van der Waals surface area contributed by atoms with Crippen LogP contribution in [-0.2, 0) is 10.0 Å². The Labute approximate surface area is 128 Å². The molecule has 8 nitrogen and oxygen atoms in total. The number of anilines is 2. The Morgan fingerprint density at radius 2 is 1.95 bits per heavy atom. The average molecular weight is 323 g/mol. The summed E-state index contributed by atoms with van der Waals surface area (Å²) in [6.45, 7) is 3.41. The first-order valence-corrected chi connectivity index (χ1v) is 8.32. The van der Waals surface area contributed by atoms with E-state index in [0.717, 1.165) is 5.82 Å². The van der Waals surface area contributed by atoms with Crippen molar-refractivity contribution in [2.45, 2.75) is 11.8 Å². The topological polar surface area (TPSA) is 106 Å². The number of nitrogens with zero attached hydrogens (tertiary/aromatic N) is 4. The van der Waals surface area contributed by atoms with Crippen molar-refractivity contribution in [2.75, 3.05) is 36.8 Å². The summed E-state index contributed by atoms with van der Waals surface area (Å²) in [4.78, 5) is 6.30. The first-order valence-electron chi connectivity index (χ1n) is 6.88. The normalized spacial score (nSPS) is 16.9. The van der Waals surface area contributed by atoms with Gasteiger partial charge in [-0.1, -0.05) is 11.2 Å². The number of nitrogen functional groups attached to an aromatic ring is 1. The van der Waals surface area contributed by atoms with Crippen LogP contribution in [-0.4, -0.2) is 49.0 Å². The van der Waals surface area contributed by atoms with Crippen molar-refractivity contribution in [3.05, 3.63) is 30.2 Å². The van der Waals surface area contributed by atoms with Crippen molar-refractivity contribution in [3.63, 3.8) is 0 Å². The van der Waals surface area contributed by atoms with E-state index >= 15 is 0 Å². The highest BCUT2D eigenvalue weighted by molar-refractivity contribution is 7.89. The molecule has 3 rings (SSSR count). The minimum absolute atomic E-state index is 0.0289. The van der Waals surface area contributed by atoms with Gasteiger partial charge < -0.3 is 15.2 Å². The van der Waals surface area contributed by atoms with Crippen LogP contribution in [0.5, 0.6) is 0 Å². The predicted molar refractivity (Wildman–Crippen MR) is 80.9 cm³/mol. The summed E-state index contributed by atoms with van der Waals surface area (Å²) in [5.41, 5.74) is 5.62. The molecule has 22 heavy (non-hydrogen) atoms. The quantitative estimate of drug-likeness (QED) is 0.875. The van der Waals surface area contributed by atoms with Crippen molar-refractivity contribution in [2.24, 2.45) is 0 Å². The standard InChI is InChI=1S/C13H17N5O3S/c1-10-12(13(14)16-21-10)22(19,20)18-8-6-17(7-9-18)11-4-2-3-5-15-11/h2-5H,6-9H2,1H3,(H2,14,16). The molecule has 1 aliphatic rings. The van der Waals surface area contributed by atoms with E-state index in [0.29, 0.717) is 26.2 Å². The lowest BCUT2D eigenvalue weighted by molar-refractivity contribution is 0.378. The van der Waals surface area contributed by atoms with Gasteiger partial charge in [0.1, 0.15) is 5.82 Å². The highest BCUT2D eigenvalue weighted by atomic mass is 32.2. The number of pyridine rings is 1. The van der Waals surface area contributed by atoms with E-state index in [9.17, 15) is 8.42 Å². The zero-order valence-corrected chi connectivity index (χ0v) is 13.0. The van der Waals surface area contributed by atoms with Crippen LogP contribution in [0.25, 0.3) is 0 Å². The van der Waals surface area contributed by atoms with E-state index in [4.69, 9.17) is 10.3 Å². The Balaban J connectivity index is 1.76. The summed E-state index contributed by atoms with van der Waals surface area (Å²) in [7, 11) is -3.68. The van der Waals surface area contributed by atoms with Crippen LogP contribution in [0.1, 0.15) is 5.76 Å². The number of hydrogen-bond acceptors (Lipinski definition) is 7. The molecule has 9 heteroatoms. The van der Waals surface area contributed by atoms with Gasteiger partial charge in [-0.3, -0.25) is 0 Å². The van der Waals surface area contributed by atoms with E-state index in [2.05, 4.69) is 15.0 Å². The number of piperazine rings is 1. The highest BCUT2D eigenvalue weighted by Crippen LogP contribution is 2.26. The molecule has 0 saturated carbocycles. The molecule has 0 unspecified atom stereocenters. The molecule has 0 bridgehead atoms. The molecule has 118 valence electrons. The van der Waals surface area contributed by atoms with Crippen LogP contribution in [0.15, 0.2) is 33.8 Å². The Kier molecular flexibility index (Phi) is 3.75. The molecule has 0 spiro atoms. The third-order valence-electron chi connectivity index (χ3n) is 3.64. The monoisotopic (exact) mass is 323 g/mol. The molecule has 3 heterocycles. The molecular formula is C13H17N5O3S. The first-order chi connectivity index (χ1) is 10.5. The van der Waals surface area contributed by atoms with Gasteiger partial charge >= 0.3 is 0 Å². The van der Waals surface area contributed by atoms with E-state index in [1.807, 2.05) is 18.2 Å². The third kappa shape index (κ3) is 2.53. The number of aromatic nitrogens is 2. The molecular weight excluding hydrogens is 306 g/mol. The summed E-state index contributed by atoms with van der Waals surface area (Å²) in [5, 5.41) is 3.52. The zero-order chi connectivity index (χ0) is 15.7. The van der Waals surface area contributed by atoms with Crippen molar-refractivity contribution in [1.29, 1.82) is 0 Å². The van der Waals surface area contributed by atoms with Crippen molar-refractivity contribution in [1.82, 2.24) is 14.4 Å². The van der Waals surface area contributed by atoms with Crippen molar-refractivity contribution >= 4 is 21.7 Å². The van der Waals surface area contributed by atoms with Gasteiger partial charge in [-0.25, -0.2) is 13.4 Å². The molecule has 2 aromatic rings. The van der Waals surface area contributed by atoms with Crippen LogP contribution in [0.2, 0.25) is 0 Å².